The van der Waals surface area contributed by atoms with Crippen molar-refractivity contribution in [2.75, 3.05) is 11.9 Å². The standard InChI is InChI=1S/C32H25Cl3N4O3S/c1-2-41-29-16-21(15-27(35)30(29)42-18-20-3-9-24(33)10-4-20)17-36-39-31(40)23-7-5-22(6-8-23)28-19-43-32(38-28)37-26-13-11-25(34)12-14-26/h3-17,19H,2,18H2,1H3,(H,37,38)(H,39,40)/b36-17-. The maximum atomic E-state index is 12.7. The van der Waals surface area contributed by atoms with Crippen LogP contribution in [0, 0.1) is 0 Å². The lowest BCUT2D eigenvalue weighted by molar-refractivity contribution is 0.0955. The largest absolute Gasteiger partial charge is 0.490 e. The minimum Gasteiger partial charge on any atom is -0.490 e. The van der Waals surface area contributed by atoms with E-state index in [9.17, 15) is 4.79 Å². The van der Waals surface area contributed by atoms with Gasteiger partial charge in [0.25, 0.3) is 5.91 Å². The number of nitrogens with one attached hydrogen (secondary N) is 2. The first-order chi connectivity index (χ1) is 20.9. The minimum atomic E-state index is -0.356. The molecule has 0 saturated heterocycles. The summed E-state index contributed by atoms with van der Waals surface area (Å²) in [5.74, 6) is 0.541. The molecular formula is C32H25Cl3N4O3S. The van der Waals surface area contributed by atoms with Crippen molar-refractivity contribution < 1.29 is 14.3 Å². The zero-order valence-corrected chi connectivity index (χ0v) is 25.9. The van der Waals surface area contributed by atoms with Gasteiger partial charge in [0.15, 0.2) is 16.6 Å². The number of carbonyl (C=O) groups excluding carboxylic acids is 1. The van der Waals surface area contributed by atoms with Gasteiger partial charge < -0.3 is 14.8 Å². The summed E-state index contributed by atoms with van der Waals surface area (Å²) in [7, 11) is 0. The van der Waals surface area contributed by atoms with Crippen molar-refractivity contribution >= 4 is 69.1 Å². The van der Waals surface area contributed by atoms with Gasteiger partial charge in [0.05, 0.1) is 23.5 Å². The predicted octanol–water partition coefficient (Wildman–Crippen LogP) is 9.26. The van der Waals surface area contributed by atoms with Gasteiger partial charge in [0.1, 0.15) is 6.61 Å². The molecule has 7 nitrogen and oxygen atoms in total. The van der Waals surface area contributed by atoms with Crippen molar-refractivity contribution in [1.29, 1.82) is 0 Å². The Bertz CT molecular complexity index is 1730. The fraction of sp³-hybridized carbons (Fsp3) is 0.0938. The summed E-state index contributed by atoms with van der Waals surface area (Å²) in [6, 6.07) is 25.3. The molecule has 4 aromatic carbocycles. The molecule has 5 aromatic rings. The Morgan fingerprint density at radius 2 is 1.63 bits per heavy atom. The highest BCUT2D eigenvalue weighted by Gasteiger charge is 2.13. The molecule has 0 unspecified atom stereocenters. The lowest BCUT2D eigenvalue weighted by atomic mass is 10.1. The first-order valence-corrected chi connectivity index (χ1v) is 15.1. The number of carbonyl (C=O) groups is 1. The molecule has 43 heavy (non-hydrogen) atoms. The summed E-state index contributed by atoms with van der Waals surface area (Å²) in [6.45, 7) is 2.58. The topological polar surface area (TPSA) is 84.8 Å². The summed E-state index contributed by atoms with van der Waals surface area (Å²) in [5, 5.41) is 11.7. The smallest absolute Gasteiger partial charge is 0.271 e. The Morgan fingerprint density at radius 1 is 0.930 bits per heavy atom. The Morgan fingerprint density at radius 3 is 2.33 bits per heavy atom. The molecule has 0 fully saturated rings. The first-order valence-electron chi connectivity index (χ1n) is 13.1. The van der Waals surface area contributed by atoms with E-state index in [-0.39, 0.29) is 5.91 Å². The van der Waals surface area contributed by atoms with Gasteiger partial charge in [0.2, 0.25) is 0 Å². The normalized spacial score (nSPS) is 11.0. The molecule has 1 heterocycles. The van der Waals surface area contributed by atoms with Crippen LogP contribution >= 0.6 is 46.1 Å². The number of thiazole rings is 1. The Balaban J connectivity index is 1.19. The van der Waals surface area contributed by atoms with Gasteiger partial charge >= 0.3 is 0 Å². The van der Waals surface area contributed by atoms with Crippen molar-refractivity contribution in [3.63, 3.8) is 0 Å². The molecule has 0 spiro atoms. The number of halogens is 3. The van der Waals surface area contributed by atoms with E-state index < -0.39 is 0 Å². The fourth-order valence-corrected chi connectivity index (χ4v) is 5.21. The number of rotatable bonds is 11. The van der Waals surface area contributed by atoms with Gasteiger partial charge in [0, 0.05) is 32.2 Å². The van der Waals surface area contributed by atoms with Crippen LogP contribution in [0.1, 0.15) is 28.4 Å². The third kappa shape index (κ3) is 8.27. The molecule has 0 atom stereocenters. The monoisotopic (exact) mass is 650 g/mol. The summed E-state index contributed by atoms with van der Waals surface area (Å²) >= 11 is 19.9. The third-order valence-electron chi connectivity index (χ3n) is 6.05. The van der Waals surface area contributed by atoms with Crippen LogP contribution in [-0.2, 0) is 6.61 Å². The van der Waals surface area contributed by atoms with Crippen molar-refractivity contribution in [3.8, 4) is 22.8 Å². The summed E-state index contributed by atoms with van der Waals surface area (Å²) < 4.78 is 11.7. The van der Waals surface area contributed by atoms with Gasteiger partial charge in [-0.25, -0.2) is 10.4 Å². The van der Waals surface area contributed by atoms with Crippen LogP contribution in [0.2, 0.25) is 15.1 Å². The zero-order valence-electron chi connectivity index (χ0n) is 22.8. The van der Waals surface area contributed by atoms with Crippen LogP contribution < -0.4 is 20.2 Å². The molecule has 0 saturated carbocycles. The van der Waals surface area contributed by atoms with E-state index in [1.54, 1.807) is 36.4 Å². The van der Waals surface area contributed by atoms with Crippen LogP contribution in [0.5, 0.6) is 11.5 Å². The number of anilines is 2. The van der Waals surface area contributed by atoms with E-state index in [2.05, 4.69) is 20.8 Å². The summed E-state index contributed by atoms with van der Waals surface area (Å²) in [6.07, 6.45) is 1.49. The second-order valence-corrected chi connectivity index (χ2v) is 11.3. The fourth-order valence-electron chi connectivity index (χ4n) is 3.94. The highest BCUT2D eigenvalue weighted by molar-refractivity contribution is 7.14. The van der Waals surface area contributed by atoms with E-state index in [1.165, 1.54) is 17.6 Å². The molecule has 0 aliphatic carbocycles. The number of hydrogen-bond acceptors (Lipinski definition) is 7. The molecular weight excluding hydrogens is 627 g/mol. The highest BCUT2D eigenvalue weighted by atomic mass is 35.5. The van der Waals surface area contributed by atoms with Crippen molar-refractivity contribution in [1.82, 2.24) is 10.4 Å². The molecule has 11 heteroatoms. The van der Waals surface area contributed by atoms with E-state index in [0.29, 0.717) is 50.9 Å². The van der Waals surface area contributed by atoms with Crippen LogP contribution in [-0.4, -0.2) is 23.7 Å². The average Bonchev–Trinajstić information content (AvgIpc) is 3.47. The third-order valence-corrected chi connectivity index (χ3v) is 7.59. The Kier molecular flexibility index (Phi) is 10.2. The molecule has 218 valence electrons. The summed E-state index contributed by atoms with van der Waals surface area (Å²) in [4.78, 5) is 17.3. The number of hydrazone groups is 1. The van der Waals surface area contributed by atoms with Crippen molar-refractivity contribution in [2.24, 2.45) is 5.10 Å². The minimum absolute atomic E-state index is 0.295. The zero-order chi connectivity index (χ0) is 30.2. The van der Waals surface area contributed by atoms with E-state index >= 15 is 0 Å². The molecule has 0 bridgehead atoms. The van der Waals surface area contributed by atoms with Gasteiger partial charge in [-0.3, -0.25) is 4.79 Å². The molecule has 0 aliphatic heterocycles. The van der Waals surface area contributed by atoms with Gasteiger partial charge in [-0.05, 0) is 78.7 Å². The van der Waals surface area contributed by atoms with Gasteiger partial charge in [-0.1, -0.05) is 59.1 Å². The summed E-state index contributed by atoms with van der Waals surface area (Å²) in [5.41, 5.74) is 7.16. The van der Waals surface area contributed by atoms with Gasteiger partial charge in [-0.15, -0.1) is 11.3 Å². The molecule has 5 rings (SSSR count). The van der Waals surface area contributed by atoms with E-state index in [4.69, 9.17) is 44.3 Å². The van der Waals surface area contributed by atoms with Gasteiger partial charge in [-0.2, -0.15) is 5.10 Å². The lowest BCUT2D eigenvalue weighted by Crippen LogP contribution is -2.17. The van der Waals surface area contributed by atoms with Crippen LogP contribution in [0.4, 0.5) is 10.8 Å². The Hall–Kier alpha value is -4.08. The maximum Gasteiger partial charge on any atom is 0.271 e. The van der Waals surface area contributed by atoms with Crippen LogP contribution in [0.15, 0.2) is 95.4 Å². The highest BCUT2D eigenvalue weighted by Crippen LogP contribution is 2.37. The quantitative estimate of drug-likeness (QED) is 0.110. The van der Waals surface area contributed by atoms with Crippen LogP contribution in [0.3, 0.4) is 0 Å². The molecule has 0 aliphatic rings. The average molecular weight is 652 g/mol. The number of nitrogens with zero attached hydrogens (tertiary/aromatic N) is 2. The van der Waals surface area contributed by atoms with E-state index in [0.717, 1.165) is 27.6 Å². The van der Waals surface area contributed by atoms with Crippen LogP contribution in [0.25, 0.3) is 11.3 Å². The number of ether oxygens (including phenoxy) is 2. The molecule has 1 aromatic heterocycles. The molecule has 0 radical (unpaired) electrons. The first kappa shape index (κ1) is 30.4. The van der Waals surface area contributed by atoms with Crippen molar-refractivity contribution in [3.05, 3.63) is 122 Å². The predicted molar refractivity (Wildman–Crippen MR) is 176 cm³/mol. The number of hydrogen-bond donors (Lipinski definition) is 2. The number of aromatic nitrogens is 1. The SMILES string of the molecule is CCOc1cc(/C=N\NC(=O)c2ccc(-c3csc(Nc4ccc(Cl)cc4)n3)cc2)cc(Cl)c1OCc1ccc(Cl)cc1. The molecule has 1 amide bonds. The number of benzene rings is 4. The molecule has 2 N–H and O–H groups in total. The maximum absolute atomic E-state index is 12.7. The van der Waals surface area contributed by atoms with Crippen molar-refractivity contribution in [2.45, 2.75) is 13.5 Å². The Labute approximate surface area is 268 Å². The second kappa shape index (κ2) is 14.4. The lowest BCUT2D eigenvalue weighted by Gasteiger charge is -2.14. The number of amides is 1. The second-order valence-electron chi connectivity index (χ2n) is 9.12. The van der Waals surface area contributed by atoms with E-state index in [1.807, 2.05) is 60.8 Å².